The second-order valence-corrected chi connectivity index (χ2v) is 6.18. The molecule has 0 radical (unpaired) electrons. The van der Waals surface area contributed by atoms with Crippen LogP contribution in [-0.4, -0.2) is 29.0 Å². The summed E-state index contributed by atoms with van der Waals surface area (Å²) in [7, 11) is 0. The number of nitrogens with one attached hydrogen (secondary N) is 1. The zero-order chi connectivity index (χ0) is 17.5. The molecule has 25 heavy (non-hydrogen) atoms. The van der Waals surface area contributed by atoms with Crippen LogP contribution in [0.4, 0.5) is 0 Å². The van der Waals surface area contributed by atoms with Gasteiger partial charge in [0.1, 0.15) is 10.8 Å². The highest BCUT2D eigenvalue weighted by atomic mass is 32.1. The first-order valence-corrected chi connectivity index (χ1v) is 9.00. The third-order valence-corrected chi connectivity index (χ3v) is 4.50. The Hall–Kier alpha value is -2.73. The Labute approximate surface area is 150 Å². The average molecular weight is 353 g/mol. The second-order valence-electron chi connectivity index (χ2n) is 5.32. The molecule has 6 heteroatoms. The van der Waals surface area contributed by atoms with Crippen molar-refractivity contribution in [2.75, 3.05) is 13.2 Å². The summed E-state index contributed by atoms with van der Waals surface area (Å²) in [6.07, 6.45) is 4.22. The molecule has 0 aliphatic rings. The number of pyridine rings is 1. The standard InChI is InChI=1S/C19H19N3O2S/c1-2-24-17-8-4-3-7-16(17)18(23)21-11-9-15-13-25-19(22-15)14-6-5-10-20-12-14/h3-8,10,12-13H,2,9,11H2,1H3,(H,21,23). The van der Waals surface area contributed by atoms with E-state index in [1.165, 1.54) is 0 Å². The molecule has 1 amide bonds. The first-order valence-electron chi connectivity index (χ1n) is 8.12. The fourth-order valence-electron chi connectivity index (χ4n) is 2.38. The van der Waals surface area contributed by atoms with Crippen molar-refractivity contribution in [3.63, 3.8) is 0 Å². The Morgan fingerprint density at radius 1 is 1.24 bits per heavy atom. The summed E-state index contributed by atoms with van der Waals surface area (Å²) in [5.74, 6) is 0.474. The normalized spacial score (nSPS) is 10.4. The molecule has 0 aliphatic carbocycles. The zero-order valence-corrected chi connectivity index (χ0v) is 14.8. The van der Waals surface area contributed by atoms with E-state index in [0.717, 1.165) is 16.3 Å². The number of carbonyl (C=O) groups excluding carboxylic acids is 1. The lowest BCUT2D eigenvalue weighted by molar-refractivity contribution is 0.0950. The number of carbonyl (C=O) groups is 1. The molecule has 0 spiro atoms. The van der Waals surface area contributed by atoms with Crippen LogP contribution < -0.4 is 10.1 Å². The second kappa shape index (κ2) is 8.39. The number of rotatable bonds is 7. The lowest BCUT2D eigenvalue weighted by Gasteiger charge is -2.10. The van der Waals surface area contributed by atoms with Gasteiger partial charge < -0.3 is 10.1 Å². The highest BCUT2D eigenvalue weighted by molar-refractivity contribution is 7.13. The Kier molecular flexibility index (Phi) is 5.74. The number of para-hydroxylation sites is 1. The van der Waals surface area contributed by atoms with Gasteiger partial charge in [0.15, 0.2) is 0 Å². The Morgan fingerprint density at radius 2 is 2.12 bits per heavy atom. The predicted molar refractivity (Wildman–Crippen MR) is 99.0 cm³/mol. The van der Waals surface area contributed by atoms with Crippen molar-refractivity contribution >= 4 is 17.2 Å². The molecule has 0 atom stereocenters. The third-order valence-electron chi connectivity index (χ3n) is 3.56. The van der Waals surface area contributed by atoms with Gasteiger partial charge >= 0.3 is 0 Å². The number of aromatic nitrogens is 2. The minimum atomic E-state index is -0.133. The van der Waals surface area contributed by atoms with Gasteiger partial charge in [0, 0.05) is 36.3 Å². The van der Waals surface area contributed by atoms with Crippen LogP contribution in [0.15, 0.2) is 54.2 Å². The first-order chi connectivity index (χ1) is 12.3. The first kappa shape index (κ1) is 17.1. The van der Waals surface area contributed by atoms with E-state index in [1.54, 1.807) is 35.9 Å². The van der Waals surface area contributed by atoms with Crippen LogP contribution in [0.1, 0.15) is 23.0 Å². The maximum absolute atomic E-state index is 12.3. The average Bonchev–Trinajstić information content (AvgIpc) is 3.12. The van der Waals surface area contributed by atoms with E-state index in [2.05, 4.69) is 15.3 Å². The molecule has 0 bridgehead atoms. The summed E-state index contributed by atoms with van der Waals surface area (Å²) < 4.78 is 5.50. The van der Waals surface area contributed by atoms with Gasteiger partial charge in [-0.15, -0.1) is 11.3 Å². The van der Waals surface area contributed by atoms with Crippen LogP contribution in [-0.2, 0) is 6.42 Å². The summed E-state index contributed by atoms with van der Waals surface area (Å²) >= 11 is 1.58. The molecule has 0 fully saturated rings. The molecule has 128 valence electrons. The maximum Gasteiger partial charge on any atom is 0.255 e. The lowest BCUT2D eigenvalue weighted by Crippen LogP contribution is -2.26. The fraction of sp³-hybridized carbons (Fsp3) is 0.211. The molecular weight excluding hydrogens is 334 g/mol. The number of hydrogen-bond acceptors (Lipinski definition) is 5. The van der Waals surface area contributed by atoms with Gasteiger partial charge in [-0.2, -0.15) is 0 Å². The van der Waals surface area contributed by atoms with Crippen LogP contribution >= 0.6 is 11.3 Å². The summed E-state index contributed by atoms with van der Waals surface area (Å²) in [4.78, 5) is 21.1. The van der Waals surface area contributed by atoms with E-state index in [0.29, 0.717) is 30.9 Å². The minimum absolute atomic E-state index is 0.133. The van der Waals surface area contributed by atoms with Crippen molar-refractivity contribution < 1.29 is 9.53 Å². The van der Waals surface area contributed by atoms with Gasteiger partial charge in [-0.05, 0) is 31.2 Å². The van der Waals surface area contributed by atoms with Crippen molar-refractivity contribution in [2.24, 2.45) is 0 Å². The van der Waals surface area contributed by atoms with Gasteiger partial charge in [0.2, 0.25) is 0 Å². The summed E-state index contributed by atoms with van der Waals surface area (Å²) in [5, 5.41) is 5.89. The Morgan fingerprint density at radius 3 is 2.92 bits per heavy atom. The quantitative estimate of drug-likeness (QED) is 0.705. The van der Waals surface area contributed by atoms with Crippen LogP contribution in [0.2, 0.25) is 0 Å². The maximum atomic E-state index is 12.3. The van der Waals surface area contributed by atoms with Crippen molar-refractivity contribution in [1.82, 2.24) is 15.3 Å². The zero-order valence-electron chi connectivity index (χ0n) is 13.9. The number of nitrogens with zero attached hydrogens (tertiary/aromatic N) is 2. The Bertz CT molecular complexity index is 833. The number of thiazole rings is 1. The highest BCUT2D eigenvalue weighted by Crippen LogP contribution is 2.22. The summed E-state index contributed by atoms with van der Waals surface area (Å²) in [6, 6.07) is 11.1. The summed E-state index contributed by atoms with van der Waals surface area (Å²) in [5.41, 5.74) is 2.52. The SMILES string of the molecule is CCOc1ccccc1C(=O)NCCc1csc(-c2cccnc2)n1. The number of hydrogen-bond donors (Lipinski definition) is 1. The van der Waals surface area contributed by atoms with E-state index < -0.39 is 0 Å². The van der Waals surface area contributed by atoms with E-state index in [9.17, 15) is 4.79 Å². The van der Waals surface area contributed by atoms with Gasteiger partial charge in [0.05, 0.1) is 17.9 Å². The molecule has 2 heterocycles. The lowest BCUT2D eigenvalue weighted by atomic mass is 10.2. The van der Waals surface area contributed by atoms with E-state index in [-0.39, 0.29) is 5.91 Å². The van der Waals surface area contributed by atoms with E-state index in [1.807, 2.05) is 36.6 Å². The van der Waals surface area contributed by atoms with Gasteiger partial charge in [-0.25, -0.2) is 4.98 Å². The molecule has 2 aromatic heterocycles. The van der Waals surface area contributed by atoms with Crippen molar-refractivity contribution in [2.45, 2.75) is 13.3 Å². The van der Waals surface area contributed by atoms with Gasteiger partial charge in [-0.1, -0.05) is 12.1 Å². The molecule has 3 rings (SSSR count). The summed E-state index contributed by atoms with van der Waals surface area (Å²) in [6.45, 7) is 2.95. The molecule has 1 aromatic carbocycles. The van der Waals surface area contributed by atoms with Gasteiger partial charge in [-0.3, -0.25) is 9.78 Å². The fourth-order valence-corrected chi connectivity index (χ4v) is 3.22. The van der Waals surface area contributed by atoms with E-state index in [4.69, 9.17) is 4.74 Å². The molecule has 0 aliphatic heterocycles. The Balaban J connectivity index is 1.57. The molecular formula is C19H19N3O2S. The van der Waals surface area contributed by atoms with Crippen molar-refractivity contribution in [1.29, 1.82) is 0 Å². The molecule has 0 saturated heterocycles. The third kappa shape index (κ3) is 4.42. The van der Waals surface area contributed by atoms with E-state index >= 15 is 0 Å². The molecule has 1 N–H and O–H groups in total. The van der Waals surface area contributed by atoms with Crippen LogP contribution in [0.3, 0.4) is 0 Å². The molecule has 0 unspecified atom stereocenters. The van der Waals surface area contributed by atoms with Crippen LogP contribution in [0.5, 0.6) is 5.75 Å². The van der Waals surface area contributed by atoms with Crippen molar-refractivity contribution in [3.05, 3.63) is 65.4 Å². The largest absolute Gasteiger partial charge is 0.493 e. The van der Waals surface area contributed by atoms with Crippen LogP contribution in [0.25, 0.3) is 10.6 Å². The molecule has 5 nitrogen and oxygen atoms in total. The van der Waals surface area contributed by atoms with Gasteiger partial charge in [0.25, 0.3) is 5.91 Å². The monoisotopic (exact) mass is 353 g/mol. The van der Waals surface area contributed by atoms with Crippen LogP contribution in [0, 0.1) is 0 Å². The molecule has 3 aromatic rings. The predicted octanol–water partition coefficient (Wildman–Crippen LogP) is 3.58. The topological polar surface area (TPSA) is 64.1 Å². The highest BCUT2D eigenvalue weighted by Gasteiger charge is 2.11. The smallest absolute Gasteiger partial charge is 0.255 e. The number of ether oxygens (including phenoxy) is 1. The van der Waals surface area contributed by atoms with Crippen molar-refractivity contribution in [3.8, 4) is 16.3 Å². The number of benzene rings is 1. The minimum Gasteiger partial charge on any atom is -0.493 e. The molecule has 0 saturated carbocycles. The number of amides is 1.